The lowest BCUT2D eigenvalue weighted by molar-refractivity contribution is 0.0474. The van der Waals surface area contributed by atoms with Crippen LogP contribution < -0.4 is 0 Å². The first-order valence-corrected chi connectivity index (χ1v) is 6.65. The highest BCUT2D eigenvalue weighted by molar-refractivity contribution is 5.94. The van der Waals surface area contributed by atoms with Gasteiger partial charge in [0.2, 0.25) is 0 Å². The van der Waals surface area contributed by atoms with E-state index in [1.54, 1.807) is 4.90 Å². The van der Waals surface area contributed by atoms with Crippen LogP contribution >= 0.6 is 0 Å². The van der Waals surface area contributed by atoms with E-state index in [0.29, 0.717) is 18.0 Å². The van der Waals surface area contributed by atoms with Crippen molar-refractivity contribution in [3.8, 4) is 0 Å². The van der Waals surface area contributed by atoms with Gasteiger partial charge in [-0.25, -0.2) is 0 Å². The molecule has 0 aliphatic carbocycles. The van der Waals surface area contributed by atoms with Gasteiger partial charge < -0.3 is 10.0 Å². The van der Waals surface area contributed by atoms with Crippen LogP contribution in [-0.2, 0) is 0 Å². The Morgan fingerprint density at radius 1 is 1.33 bits per heavy atom. The van der Waals surface area contributed by atoms with Crippen molar-refractivity contribution in [3.63, 3.8) is 0 Å². The molecule has 1 N–H and O–H groups in total. The lowest BCUT2D eigenvalue weighted by atomic mass is 10.0. The van der Waals surface area contributed by atoms with Gasteiger partial charge in [-0.15, -0.1) is 0 Å². The van der Waals surface area contributed by atoms with E-state index < -0.39 is 0 Å². The standard InChI is InChI=1S/C15H21NO2/c1-11(2)12-5-7-13(8-6-12)15(18)16-9-3-4-14(17)10-16/h5-8,11,14,17H,3-4,9-10H2,1-2H3/t14-/m0/s1. The molecular weight excluding hydrogens is 226 g/mol. The molecule has 0 spiro atoms. The van der Waals surface area contributed by atoms with Crippen LogP contribution in [-0.4, -0.2) is 35.1 Å². The summed E-state index contributed by atoms with van der Waals surface area (Å²) in [6.45, 7) is 5.49. The molecule has 0 unspecified atom stereocenters. The summed E-state index contributed by atoms with van der Waals surface area (Å²) in [5.74, 6) is 0.509. The van der Waals surface area contributed by atoms with Crippen LogP contribution in [0, 0.1) is 0 Å². The maximum absolute atomic E-state index is 12.2. The SMILES string of the molecule is CC(C)c1ccc(C(=O)N2CCC[C@H](O)C2)cc1. The minimum absolute atomic E-state index is 0.0315. The quantitative estimate of drug-likeness (QED) is 0.872. The molecule has 1 saturated heterocycles. The molecule has 18 heavy (non-hydrogen) atoms. The molecule has 3 nitrogen and oxygen atoms in total. The van der Waals surface area contributed by atoms with Crippen molar-refractivity contribution < 1.29 is 9.90 Å². The molecule has 0 aromatic heterocycles. The molecule has 1 amide bonds. The molecule has 1 aromatic rings. The van der Waals surface area contributed by atoms with Gasteiger partial charge in [-0.05, 0) is 36.5 Å². The van der Waals surface area contributed by atoms with Gasteiger partial charge >= 0.3 is 0 Å². The number of benzene rings is 1. The van der Waals surface area contributed by atoms with Crippen molar-refractivity contribution in [2.45, 2.75) is 38.7 Å². The summed E-state index contributed by atoms with van der Waals surface area (Å²) in [5.41, 5.74) is 1.96. The van der Waals surface area contributed by atoms with E-state index in [4.69, 9.17) is 0 Å². The Morgan fingerprint density at radius 3 is 2.56 bits per heavy atom. The predicted molar refractivity (Wildman–Crippen MR) is 71.7 cm³/mol. The summed E-state index contributed by atoms with van der Waals surface area (Å²) in [6, 6.07) is 7.80. The summed E-state index contributed by atoms with van der Waals surface area (Å²) in [4.78, 5) is 14.0. The van der Waals surface area contributed by atoms with E-state index in [2.05, 4.69) is 13.8 Å². The van der Waals surface area contributed by atoms with E-state index in [1.807, 2.05) is 24.3 Å². The number of β-amino-alcohol motifs (C(OH)–C–C–N with tert-alkyl or cyclic N) is 1. The van der Waals surface area contributed by atoms with Gasteiger partial charge in [0.25, 0.3) is 5.91 Å². The smallest absolute Gasteiger partial charge is 0.253 e. The zero-order valence-corrected chi connectivity index (χ0v) is 11.1. The average Bonchev–Trinajstić information content (AvgIpc) is 2.38. The third-order valence-corrected chi connectivity index (χ3v) is 3.51. The third-order valence-electron chi connectivity index (χ3n) is 3.51. The molecule has 1 aliphatic rings. The maximum atomic E-state index is 12.2. The molecule has 0 radical (unpaired) electrons. The Morgan fingerprint density at radius 2 is 2.00 bits per heavy atom. The zero-order chi connectivity index (χ0) is 13.1. The highest BCUT2D eigenvalue weighted by Crippen LogP contribution is 2.17. The fourth-order valence-corrected chi connectivity index (χ4v) is 2.33. The number of piperidine rings is 1. The van der Waals surface area contributed by atoms with E-state index >= 15 is 0 Å². The first-order chi connectivity index (χ1) is 8.58. The fraction of sp³-hybridized carbons (Fsp3) is 0.533. The van der Waals surface area contributed by atoms with Crippen LogP contribution in [0.2, 0.25) is 0 Å². The molecule has 0 saturated carbocycles. The Bertz CT molecular complexity index is 411. The lowest BCUT2D eigenvalue weighted by Gasteiger charge is -2.30. The van der Waals surface area contributed by atoms with Crippen LogP contribution in [0.3, 0.4) is 0 Å². The Hall–Kier alpha value is -1.35. The minimum atomic E-state index is -0.363. The largest absolute Gasteiger partial charge is 0.391 e. The van der Waals surface area contributed by atoms with Gasteiger partial charge in [-0.2, -0.15) is 0 Å². The number of amides is 1. The molecule has 2 rings (SSSR count). The molecule has 1 heterocycles. The number of rotatable bonds is 2. The number of carbonyl (C=O) groups excluding carboxylic acids is 1. The van der Waals surface area contributed by atoms with Gasteiger partial charge in [0.05, 0.1) is 6.10 Å². The van der Waals surface area contributed by atoms with Gasteiger partial charge in [-0.1, -0.05) is 26.0 Å². The van der Waals surface area contributed by atoms with Crippen LogP contribution in [0.1, 0.15) is 48.5 Å². The topological polar surface area (TPSA) is 40.5 Å². The Kier molecular flexibility index (Phi) is 4.02. The van der Waals surface area contributed by atoms with Gasteiger partial charge in [-0.3, -0.25) is 4.79 Å². The van der Waals surface area contributed by atoms with Crippen molar-refractivity contribution in [1.82, 2.24) is 4.90 Å². The second-order valence-corrected chi connectivity index (χ2v) is 5.32. The first-order valence-electron chi connectivity index (χ1n) is 6.65. The van der Waals surface area contributed by atoms with Crippen LogP contribution in [0.5, 0.6) is 0 Å². The summed E-state index contributed by atoms with van der Waals surface area (Å²) in [6.07, 6.45) is 1.32. The number of likely N-dealkylation sites (tertiary alicyclic amines) is 1. The maximum Gasteiger partial charge on any atom is 0.253 e. The van der Waals surface area contributed by atoms with E-state index in [9.17, 15) is 9.90 Å². The summed E-state index contributed by atoms with van der Waals surface area (Å²) >= 11 is 0. The molecule has 1 aromatic carbocycles. The van der Waals surface area contributed by atoms with Crippen molar-refractivity contribution in [3.05, 3.63) is 35.4 Å². The number of hydrogen-bond acceptors (Lipinski definition) is 2. The number of nitrogens with zero attached hydrogens (tertiary/aromatic N) is 1. The molecule has 1 fully saturated rings. The highest BCUT2D eigenvalue weighted by atomic mass is 16.3. The Balaban J connectivity index is 2.08. The molecule has 0 bridgehead atoms. The minimum Gasteiger partial charge on any atom is -0.391 e. The molecule has 1 aliphatic heterocycles. The summed E-state index contributed by atoms with van der Waals surface area (Å²) in [5, 5.41) is 9.60. The van der Waals surface area contributed by atoms with Gasteiger partial charge in [0, 0.05) is 18.7 Å². The van der Waals surface area contributed by atoms with Crippen molar-refractivity contribution in [2.24, 2.45) is 0 Å². The Labute approximate surface area is 108 Å². The van der Waals surface area contributed by atoms with Gasteiger partial charge in [0.15, 0.2) is 0 Å². The van der Waals surface area contributed by atoms with E-state index in [0.717, 1.165) is 19.4 Å². The van der Waals surface area contributed by atoms with Crippen molar-refractivity contribution >= 4 is 5.91 Å². The van der Waals surface area contributed by atoms with Crippen LogP contribution in [0.4, 0.5) is 0 Å². The second-order valence-electron chi connectivity index (χ2n) is 5.32. The lowest BCUT2D eigenvalue weighted by Crippen LogP contribution is -2.42. The molecule has 3 heteroatoms. The van der Waals surface area contributed by atoms with Crippen molar-refractivity contribution in [1.29, 1.82) is 0 Å². The summed E-state index contributed by atoms with van der Waals surface area (Å²) in [7, 11) is 0. The number of carbonyl (C=O) groups is 1. The van der Waals surface area contributed by atoms with Crippen molar-refractivity contribution in [2.75, 3.05) is 13.1 Å². The fourth-order valence-electron chi connectivity index (χ4n) is 2.33. The predicted octanol–water partition coefficient (Wildman–Crippen LogP) is 2.41. The summed E-state index contributed by atoms with van der Waals surface area (Å²) < 4.78 is 0. The number of aliphatic hydroxyl groups is 1. The average molecular weight is 247 g/mol. The molecule has 98 valence electrons. The molecule has 1 atom stereocenters. The number of hydrogen-bond donors (Lipinski definition) is 1. The van der Waals surface area contributed by atoms with Gasteiger partial charge in [0.1, 0.15) is 0 Å². The third kappa shape index (κ3) is 2.91. The normalized spacial score (nSPS) is 20.2. The highest BCUT2D eigenvalue weighted by Gasteiger charge is 2.22. The van der Waals surface area contributed by atoms with E-state index in [1.165, 1.54) is 5.56 Å². The first kappa shape index (κ1) is 13.1. The van der Waals surface area contributed by atoms with E-state index in [-0.39, 0.29) is 12.0 Å². The number of aliphatic hydroxyl groups excluding tert-OH is 1. The zero-order valence-electron chi connectivity index (χ0n) is 11.1. The monoisotopic (exact) mass is 247 g/mol. The second kappa shape index (κ2) is 5.53. The van der Waals surface area contributed by atoms with Crippen LogP contribution in [0.15, 0.2) is 24.3 Å². The molecular formula is C15H21NO2. The van der Waals surface area contributed by atoms with Crippen LogP contribution in [0.25, 0.3) is 0 Å².